The smallest absolute Gasteiger partial charge is 0.0645 e. The molecular weight excluding hydrogens is 224 g/mol. The second kappa shape index (κ2) is 5.99. The third-order valence-electron chi connectivity index (χ3n) is 2.81. The molecule has 1 unspecified atom stereocenters. The summed E-state index contributed by atoms with van der Waals surface area (Å²) in [5, 5.41) is 16.1. The van der Waals surface area contributed by atoms with Gasteiger partial charge in [0.15, 0.2) is 0 Å². The Labute approximate surface area is 107 Å². The number of nitrogens with zero attached hydrogens (tertiary/aromatic N) is 3. The van der Waals surface area contributed by atoms with Gasteiger partial charge in [-0.2, -0.15) is 10.4 Å². The number of para-hydroxylation sites is 1. The van der Waals surface area contributed by atoms with Crippen molar-refractivity contribution in [2.75, 3.05) is 6.54 Å². The lowest BCUT2D eigenvalue weighted by Crippen LogP contribution is -2.19. The van der Waals surface area contributed by atoms with Crippen molar-refractivity contribution in [3.05, 3.63) is 48.3 Å². The third kappa shape index (κ3) is 2.96. The summed E-state index contributed by atoms with van der Waals surface area (Å²) in [6.45, 7) is 2.78. The molecule has 0 fully saturated rings. The van der Waals surface area contributed by atoms with E-state index in [0.29, 0.717) is 13.0 Å². The molecule has 0 aliphatic rings. The third-order valence-corrected chi connectivity index (χ3v) is 2.81. The zero-order valence-electron chi connectivity index (χ0n) is 10.4. The van der Waals surface area contributed by atoms with Crippen molar-refractivity contribution >= 4 is 0 Å². The lowest BCUT2D eigenvalue weighted by atomic mass is 10.2. The highest BCUT2D eigenvalue weighted by Crippen LogP contribution is 2.13. The van der Waals surface area contributed by atoms with E-state index in [4.69, 9.17) is 5.26 Å². The SMILES string of the molecule is CC(NCCC#N)c1cnn(-c2ccccc2)c1. The van der Waals surface area contributed by atoms with Crippen LogP contribution in [0.15, 0.2) is 42.7 Å². The summed E-state index contributed by atoms with van der Waals surface area (Å²) in [7, 11) is 0. The van der Waals surface area contributed by atoms with Crippen molar-refractivity contribution < 1.29 is 0 Å². The van der Waals surface area contributed by atoms with Crippen LogP contribution in [0.5, 0.6) is 0 Å². The van der Waals surface area contributed by atoms with Gasteiger partial charge in [0.1, 0.15) is 0 Å². The number of aromatic nitrogens is 2. The molecule has 0 saturated heterocycles. The molecule has 92 valence electrons. The van der Waals surface area contributed by atoms with Gasteiger partial charge in [0.05, 0.1) is 18.0 Å². The van der Waals surface area contributed by atoms with Gasteiger partial charge in [0, 0.05) is 30.8 Å². The van der Waals surface area contributed by atoms with Crippen molar-refractivity contribution in [3.63, 3.8) is 0 Å². The highest BCUT2D eigenvalue weighted by Gasteiger charge is 2.07. The Morgan fingerprint density at radius 2 is 2.17 bits per heavy atom. The Kier molecular flexibility index (Phi) is 4.11. The molecule has 4 nitrogen and oxygen atoms in total. The normalized spacial score (nSPS) is 12.0. The molecule has 1 aromatic heterocycles. The summed E-state index contributed by atoms with van der Waals surface area (Å²) in [6, 6.07) is 12.3. The van der Waals surface area contributed by atoms with E-state index in [-0.39, 0.29) is 6.04 Å². The number of nitrogens with one attached hydrogen (secondary N) is 1. The Morgan fingerprint density at radius 3 is 2.89 bits per heavy atom. The van der Waals surface area contributed by atoms with E-state index in [9.17, 15) is 0 Å². The Bertz CT molecular complexity index is 524. The van der Waals surface area contributed by atoms with Gasteiger partial charge in [0.25, 0.3) is 0 Å². The molecule has 0 amide bonds. The number of nitriles is 1. The Balaban J connectivity index is 2.04. The van der Waals surface area contributed by atoms with E-state index in [2.05, 4.69) is 23.4 Å². The maximum absolute atomic E-state index is 8.50. The maximum atomic E-state index is 8.50. The molecule has 0 aliphatic heterocycles. The molecular formula is C14H16N4. The quantitative estimate of drug-likeness (QED) is 0.817. The van der Waals surface area contributed by atoms with Crippen molar-refractivity contribution in [1.29, 1.82) is 5.26 Å². The topological polar surface area (TPSA) is 53.6 Å². The molecule has 2 aromatic rings. The lowest BCUT2D eigenvalue weighted by molar-refractivity contribution is 0.583. The van der Waals surface area contributed by atoms with Crippen LogP contribution in [0.25, 0.3) is 5.69 Å². The summed E-state index contributed by atoms with van der Waals surface area (Å²) in [4.78, 5) is 0. The van der Waals surface area contributed by atoms with Crippen LogP contribution in [0.4, 0.5) is 0 Å². The van der Waals surface area contributed by atoms with E-state index in [0.717, 1.165) is 11.3 Å². The van der Waals surface area contributed by atoms with E-state index in [1.807, 2.05) is 47.4 Å². The highest BCUT2D eigenvalue weighted by molar-refractivity contribution is 5.31. The first kappa shape index (κ1) is 12.3. The zero-order chi connectivity index (χ0) is 12.8. The van der Waals surface area contributed by atoms with Crippen molar-refractivity contribution in [3.8, 4) is 11.8 Å². The van der Waals surface area contributed by atoms with Gasteiger partial charge < -0.3 is 5.32 Å². The molecule has 0 aliphatic carbocycles. The van der Waals surface area contributed by atoms with Crippen LogP contribution in [-0.4, -0.2) is 16.3 Å². The Hall–Kier alpha value is -2.12. The largest absolute Gasteiger partial charge is 0.309 e. The predicted octanol–water partition coefficient (Wildman–Crippen LogP) is 2.44. The molecule has 0 radical (unpaired) electrons. The van der Waals surface area contributed by atoms with Crippen molar-refractivity contribution in [1.82, 2.24) is 15.1 Å². The van der Waals surface area contributed by atoms with E-state index in [1.54, 1.807) is 0 Å². The lowest BCUT2D eigenvalue weighted by Gasteiger charge is -2.09. The van der Waals surface area contributed by atoms with Gasteiger partial charge in [-0.25, -0.2) is 4.68 Å². The highest BCUT2D eigenvalue weighted by atomic mass is 15.3. The molecule has 1 atom stereocenters. The molecule has 0 bridgehead atoms. The van der Waals surface area contributed by atoms with Crippen LogP contribution in [0.3, 0.4) is 0 Å². The second-order valence-corrected chi connectivity index (χ2v) is 4.14. The minimum Gasteiger partial charge on any atom is -0.309 e. The van der Waals surface area contributed by atoms with Crippen LogP contribution in [0.1, 0.15) is 24.9 Å². The molecule has 1 aromatic carbocycles. The summed E-state index contributed by atoms with van der Waals surface area (Å²) < 4.78 is 1.86. The summed E-state index contributed by atoms with van der Waals surface area (Å²) in [5.41, 5.74) is 2.17. The van der Waals surface area contributed by atoms with E-state index < -0.39 is 0 Å². The van der Waals surface area contributed by atoms with Crippen molar-refractivity contribution in [2.45, 2.75) is 19.4 Å². The van der Waals surface area contributed by atoms with Gasteiger partial charge in [-0.1, -0.05) is 18.2 Å². The monoisotopic (exact) mass is 240 g/mol. The van der Waals surface area contributed by atoms with Gasteiger partial charge in [-0.3, -0.25) is 0 Å². The summed E-state index contributed by atoms with van der Waals surface area (Å²) in [6.07, 6.45) is 4.40. The fraction of sp³-hybridized carbons (Fsp3) is 0.286. The van der Waals surface area contributed by atoms with Crippen LogP contribution >= 0.6 is 0 Å². The fourth-order valence-corrected chi connectivity index (χ4v) is 1.74. The number of rotatable bonds is 5. The molecule has 1 heterocycles. The summed E-state index contributed by atoms with van der Waals surface area (Å²) >= 11 is 0. The molecule has 4 heteroatoms. The van der Waals surface area contributed by atoms with Gasteiger partial charge >= 0.3 is 0 Å². The van der Waals surface area contributed by atoms with Gasteiger partial charge in [-0.05, 0) is 19.1 Å². The average Bonchev–Trinajstić information content (AvgIpc) is 2.89. The number of hydrogen-bond donors (Lipinski definition) is 1. The van der Waals surface area contributed by atoms with E-state index >= 15 is 0 Å². The summed E-state index contributed by atoms with van der Waals surface area (Å²) in [5.74, 6) is 0. The standard InChI is InChI=1S/C14H16N4/c1-12(16-9-5-8-15)13-10-17-18(11-13)14-6-3-2-4-7-14/h2-4,6-7,10-12,16H,5,9H2,1H3. The Morgan fingerprint density at radius 1 is 1.39 bits per heavy atom. The maximum Gasteiger partial charge on any atom is 0.0645 e. The van der Waals surface area contributed by atoms with E-state index in [1.165, 1.54) is 0 Å². The first-order valence-corrected chi connectivity index (χ1v) is 6.01. The fourth-order valence-electron chi connectivity index (χ4n) is 1.74. The van der Waals surface area contributed by atoms with Crippen LogP contribution in [-0.2, 0) is 0 Å². The van der Waals surface area contributed by atoms with Crippen LogP contribution in [0.2, 0.25) is 0 Å². The number of hydrogen-bond acceptors (Lipinski definition) is 3. The zero-order valence-corrected chi connectivity index (χ0v) is 10.4. The van der Waals surface area contributed by atoms with Crippen molar-refractivity contribution in [2.24, 2.45) is 0 Å². The second-order valence-electron chi connectivity index (χ2n) is 4.14. The van der Waals surface area contributed by atoms with Crippen LogP contribution < -0.4 is 5.32 Å². The molecule has 0 spiro atoms. The van der Waals surface area contributed by atoms with Gasteiger partial charge in [0.2, 0.25) is 0 Å². The number of benzene rings is 1. The minimum atomic E-state index is 0.204. The first-order valence-electron chi connectivity index (χ1n) is 6.01. The predicted molar refractivity (Wildman–Crippen MR) is 70.2 cm³/mol. The van der Waals surface area contributed by atoms with Crippen LogP contribution in [0, 0.1) is 11.3 Å². The molecule has 2 rings (SSSR count). The minimum absolute atomic E-state index is 0.204. The molecule has 0 saturated carbocycles. The molecule has 1 N–H and O–H groups in total. The van der Waals surface area contributed by atoms with Gasteiger partial charge in [-0.15, -0.1) is 0 Å². The molecule has 18 heavy (non-hydrogen) atoms. The average molecular weight is 240 g/mol. The first-order chi connectivity index (χ1) is 8.81.